The van der Waals surface area contributed by atoms with E-state index in [2.05, 4.69) is 33.9 Å². The van der Waals surface area contributed by atoms with Crippen LogP contribution in [0.2, 0.25) is 18.1 Å². The Hall–Kier alpha value is -0.00312. The normalized spacial score (nSPS) is 15.4. The number of rotatable bonds is 7. The van der Waals surface area contributed by atoms with E-state index in [9.17, 15) is 9.36 Å². The Kier molecular flexibility index (Phi) is 6.63. The highest BCUT2D eigenvalue weighted by Crippen LogP contribution is 2.46. The third kappa shape index (κ3) is 5.48. The molecule has 0 radical (unpaired) electrons. The first-order chi connectivity index (χ1) is 8.38. The molecule has 0 saturated heterocycles. The monoisotopic (exact) mass is 310 g/mol. The van der Waals surface area contributed by atoms with Gasteiger partial charge in [-0.3, -0.25) is 9.36 Å². The average molecular weight is 310 g/mol. The molecule has 0 unspecified atom stereocenters. The Labute approximate surface area is 117 Å². The lowest BCUT2D eigenvalue weighted by Gasteiger charge is -2.38. The van der Waals surface area contributed by atoms with E-state index in [-0.39, 0.29) is 17.0 Å². The van der Waals surface area contributed by atoms with Gasteiger partial charge < -0.3 is 13.5 Å². The molecule has 19 heavy (non-hydrogen) atoms. The van der Waals surface area contributed by atoms with Crippen LogP contribution in [0.5, 0.6) is 0 Å². The minimum Gasteiger partial charge on any atom is -0.407 e. The summed E-state index contributed by atoms with van der Waals surface area (Å²) in [6.07, 6.45) is -0.852. The van der Waals surface area contributed by atoms with Gasteiger partial charge in [0.25, 0.3) is 0 Å². The van der Waals surface area contributed by atoms with Crippen molar-refractivity contribution in [3.8, 4) is 0 Å². The van der Waals surface area contributed by atoms with Crippen molar-refractivity contribution in [3.63, 3.8) is 0 Å². The summed E-state index contributed by atoms with van der Waals surface area (Å²) in [5.74, 6) is -0.253. The predicted octanol–water partition coefficient (Wildman–Crippen LogP) is 3.45. The fourth-order valence-electron chi connectivity index (χ4n) is 1.21. The van der Waals surface area contributed by atoms with Crippen molar-refractivity contribution >= 4 is 21.7 Å². The predicted molar refractivity (Wildman–Crippen MR) is 79.2 cm³/mol. The zero-order chi connectivity index (χ0) is 15.5. The van der Waals surface area contributed by atoms with Crippen LogP contribution in [0.4, 0.5) is 0 Å². The molecule has 0 aliphatic heterocycles. The summed E-state index contributed by atoms with van der Waals surface area (Å²) in [4.78, 5) is 12.0. The molecule has 0 aromatic carbocycles. The van der Waals surface area contributed by atoms with Crippen molar-refractivity contribution in [2.24, 2.45) is 0 Å². The third-order valence-electron chi connectivity index (χ3n) is 3.64. The largest absolute Gasteiger partial charge is 0.407 e. The van der Waals surface area contributed by atoms with Crippen molar-refractivity contribution in [1.82, 2.24) is 0 Å². The fourth-order valence-corrected chi connectivity index (χ4v) is 3.62. The summed E-state index contributed by atoms with van der Waals surface area (Å²) >= 11 is 0. The van der Waals surface area contributed by atoms with Crippen LogP contribution in [0.1, 0.15) is 27.7 Å². The van der Waals surface area contributed by atoms with Crippen molar-refractivity contribution in [2.45, 2.75) is 51.9 Å². The van der Waals surface area contributed by atoms with Gasteiger partial charge in [0, 0.05) is 14.2 Å². The molecule has 0 spiro atoms. The van der Waals surface area contributed by atoms with Gasteiger partial charge in [0.2, 0.25) is 0 Å². The minimum atomic E-state index is -3.31. The van der Waals surface area contributed by atoms with Gasteiger partial charge in [0.15, 0.2) is 14.1 Å². The molecule has 0 bridgehead atoms. The molecule has 0 saturated carbocycles. The van der Waals surface area contributed by atoms with Crippen LogP contribution in [-0.4, -0.2) is 40.6 Å². The SMILES string of the molecule is COP(=O)(CC(=O)[C@H](C)O[Si](C)(C)C(C)(C)C)OC. The van der Waals surface area contributed by atoms with E-state index in [4.69, 9.17) is 13.5 Å². The second-order valence-corrected chi connectivity index (χ2v) is 13.1. The highest BCUT2D eigenvalue weighted by atomic mass is 31.2. The van der Waals surface area contributed by atoms with Crippen LogP contribution in [0.15, 0.2) is 0 Å². The molecule has 0 heterocycles. The molecular formula is C12H27O5PSi. The Morgan fingerprint density at radius 3 is 1.95 bits per heavy atom. The zero-order valence-corrected chi connectivity index (χ0v) is 15.2. The first-order valence-corrected chi connectivity index (χ1v) is 10.9. The van der Waals surface area contributed by atoms with Gasteiger partial charge in [0.1, 0.15) is 12.3 Å². The van der Waals surface area contributed by atoms with Gasteiger partial charge in [0.05, 0.1) is 0 Å². The average Bonchev–Trinajstić information content (AvgIpc) is 2.26. The standard InChI is InChI=1S/C12H27O5PSi/c1-10(17-19(7,8)12(2,3)4)11(13)9-18(14,15-5)16-6/h10H,9H2,1-8H3/t10-/m0/s1. The molecule has 0 aliphatic rings. The van der Waals surface area contributed by atoms with Gasteiger partial charge in [-0.05, 0) is 25.1 Å². The van der Waals surface area contributed by atoms with Crippen LogP contribution in [0, 0.1) is 0 Å². The second kappa shape index (κ2) is 6.63. The molecular weight excluding hydrogens is 283 g/mol. The number of hydrogen-bond acceptors (Lipinski definition) is 5. The summed E-state index contributed by atoms with van der Waals surface area (Å²) in [5, 5.41) is 0.0216. The van der Waals surface area contributed by atoms with Crippen LogP contribution < -0.4 is 0 Å². The van der Waals surface area contributed by atoms with Crippen LogP contribution in [0.3, 0.4) is 0 Å². The Balaban J connectivity index is 4.74. The molecule has 0 aromatic heterocycles. The number of ketones is 1. The fraction of sp³-hybridized carbons (Fsp3) is 0.917. The van der Waals surface area contributed by atoms with Gasteiger partial charge in [-0.25, -0.2) is 0 Å². The zero-order valence-electron chi connectivity index (χ0n) is 13.3. The van der Waals surface area contributed by atoms with E-state index in [0.717, 1.165) is 0 Å². The first-order valence-electron chi connectivity index (χ1n) is 6.29. The van der Waals surface area contributed by atoms with Crippen molar-refractivity contribution in [3.05, 3.63) is 0 Å². The summed E-state index contributed by atoms with van der Waals surface area (Å²) in [7, 11) is -2.78. The van der Waals surface area contributed by atoms with Crippen molar-refractivity contribution in [1.29, 1.82) is 0 Å². The van der Waals surface area contributed by atoms with Gasteiger partial charge in [-0.1, -0.05) is 20.8 Å². The molecule has 5 nitrogen and oxygen atoms in total. The van der Waals surface area contributed by atoms with Crippen LogP contribution in [-0.2, 0) is 22.8 Å². The summed E-state index contributed by atoms with van der Waals surface area (Å²) < 4.78 is 27.4. The molecule has 0 fully saturated rings. The molecule has 7 heteroatoms. The summed E-state index contributed by atoms with van der Waals surface area (Å²) in [6, 6.07) is 0. The van der Waals surface area contributed by atoms with Crippen LogP contribution >= 0.6 is 7.60 Å². The van der Waals surface area contributed by atoms with Crippen molar-refractivity contribution in [2.75, 3.05) is 20.4 Å². The second-order valence-electron chi connectivity index (χ2n) is 6.12. The van der Waals surface area contributed by atoms with Gasteiger partial charge in [-0.2, -0.15) is 0 Å². The highest BCUT2D eigenvalue weighted by molar-refractivity contribution is 7.54. The van der Waals surface area contributed by atoms with E-state index < -0.39 is 22.0 Å². The topological polar surface area (TPSA) is 61.8 Å². The smallest absolute Gasteiger partial charge is 0.337 e. The number of Topliss-reactive ketones (excluding diaryl/α,β-unsaturated/α-hetero) is 1. The maximum absolute atomic E-state index is 12.0. The minimum absolute atomic E-state index is 0.0216. The molecule has 1 atom stereocenters. The quantitative estimate of drug-likeness (QED) is 0.532. The van der Waals surface area contributed by atoms with E-state index in [1.165, 1.54) is 14.2 Å². The van der Waals surface area contributed by atoms with E-state index in [0.29, 0.717) is 0 Å². The molecule has 114 valence electrons. The first kappa shape index (κ1) is 19.0. The molecule has 0 rings (SSSR count). The summed E-state index contributed by atoms with van der Waals surface area (Å²) in [6.45, 7) is 12.1. The molecule has 0 aliphatic carbocycles. The lowest BCUT2D eigenvalue weighted by Crippen LogP contribution is -2.45. The maximum atomic E-state index is 12.0. The van der Waals surface area contributed by atoms with Crippen molar-refractivity contribution < 1.29 is 22.8 Å². The van der Waals surface area contributed by atoms with E-state index >= 15 is 0 Å². The molecule has 0 aromatic rings. The summed E-state index contributed by atoms with van der Waals surface area (Å²) in [5.41, 5.74) is 0. The Morgan fingerprint density at radius 1 is 1.21 bits per heavy atom. The molecule has 0 N–H and O–H groups in total. The van der Waals surface area contributed by atoms with Gasteiger partial charge in [-0.15, -0.1) is 0 Å². The van der Waals surface area contributed by atoms with E-state index in [1.807, 2.05) is 0 Å². The maximum Gasteiger partial charge on any atom is 0.337 e. The van der Waals surface area contributed by atoms with Crippen LogP contribution in [0.25, 0.3) is 0 Å². The lowest BCUT2D eigenvalue weighted by molar-refractivity contribution is -0.123. The lowest BCUT2D eigenvalue weighted by atomic mass is 10.2. The molecule has 0 amide bonds. The Bertz CT molecular complexity index is 354. The highest BCUT2D eigenvalue weighted by Gasteiger charge is 2.40. The Morgan fingerprint density at radius 2 is 1.63 bits per heavy atom. The third-order valence-corrected chi connectivity index (χ3v) is 10.0. The van der Waals surface area contributed by atoms with Gasteiger partial charge >= 0.3 is 7.60 Å². The number of hydrogen-bond donors (Lipinski definition) is 0. The number of carbonyl (C=O) groups is 1. The number of carbonyl (C=O) groups excluding carboxylic acids is 1. The van der Waals surface area contributed by atoms with E-state index in [1.54, 1.807) is 6.92 Å².